The molecule has 1 saturated carbocycles. The van der Waals surface area contributed by atoms with Crippen molar-refractivity contribution in [2.24, 2.45) is 23.2 Å². The lowest BCUT2D eigenvalue weighted by Gasteiger charge is -2.39. The van der Waals surface area contributed by atoms with Crippen molar-refractivity contribution in [3.63, 3.8) is 0 Å². The standard InChI is InChI=1S/C16H29NO/c1-12-6-8-13(9-7-12)15(18)16(2,3)14-5-4-10-17-11-14/h12-14,17H,4-11H2,1-3H3. The van der Waals surface area contributed by atoms with Crippen molar-refractivity contribution in [3.8, 4) is 0 Å². The number of hydrogen-bond acceptors (Lipinski definition) is 2. The summed E-state index contributed by atoms with van der Waals surface area (Å²) in [6, 6.07) is 0. The minimum Gasteiger partial charge on any atom is -0.316 e. The average Bonchev–Trinajstić information content (AvgIpc) is 2.40. The van der Waals surface area contributed by atoms with Gasteiger partial charge in [0.1, 0.15) is 5.78 Å². The Morgan fingerprint density at radius 2 is 1.78 bits per heavy atom. The van der Waals surface area contributed by atoms with Crippen LogP contribution in [0.5, 0.6) is 0 Å². The van der Waals surface area contributed by atoms with Crippen LogP contribution >= 0.6 is 0 Å². The summed E-state index contributed by atoms with van der Waals surface area (Å²) in [4.78, 5) is 12.8. The smallest absolute Gasteiger partial charge is 0.141 e. The Balaban J connectivity index is 1.97. The fourth-order valence-electron chi connectivity index (χ4n) is 3.72. The molecule has 1 aliphatic carbocycles. The molecule has 0 amide bonds. The summed E-state index contributed by atoms with van der Waals surface area (Å²) in [6.07, 6.45) is 7.19. The number of hydrogen-bond donors (Lipinski definition) is 1. The number of piperidine rings is 1. The van der Waals surface area contributed by atoms with Gasteiger partial charge in [-0.25, -0.2) is 0 Å². The zero-order valence-electron chi connectivity index (χ0n) is 12.3. The first kappa shape index (κ1) is 14.0. The molecule has 104 valence electrons. The Kier molecular flexibility index (Phi) is 4.47. The molecule has 0 spiro atoms. The van der Waals surface area contributed by atoms with Gasteiger partial charge in [0.2, 0.25) is 0 Å². The highest BCUT2D eigenvalue weighted by atomic mass is 16.1. The number of Topliss-reactive ketones (excluding diaryl/α,β-unsaturated/α-hetero) is 1. The predicted molar refractivity (Wildman–Crippen MR) is 75.5 cm³/mol. The normalized spacial score (nSPS) is 34.3. The molecular formula is C16H29NO. The van der Waals surface area contributed by atoms with E-state index in [1.165, 1.54) is 25.7 Å². The van der Waals surface area contributed by atoms with Crippen LogP contribution in [-0.4, -0.2) is 18.9 Å². The minimum atomic E-state index is -0.126. The molecule has 1 atom stereocenters. The van der Waals surface area contributed by atoms with Crippen LogP contribution in [0.1, 0.15) is 59.3 Å². The van der Waals surface area contributed by atoms with E-state index in [0.29, 0.717) is 17.6 Å². The van der Waals surface area contributed by atoms with E-state index < -0.39 is 0 Å². The maximum Gasteiger partial charge on any atom is 0.141 e. The fraction of sp³-hybridized carbons (Fsp3) is 0.938. The van der Waals surface area contributed by atoms with Gasteiger partial charge in [-0.2, -0.15) is 0 Å². The molecule has 1 saturated heterocycles. The molecule has 0 aromatic heterocycles. The van der Waals surface area contributed by atoms with Gasteiger partial charge in [0, 0.05) is 11.3 Å². The van der Waals surface area contributed by atoms with Gasteiger partial charge in [0.05, 0.1) is 0 Å². The Morgan fingerprint density at radius 3 is 2.33 bits per heavy atom. The second-order valence-electron chi connectivity index (χ2n) is 7.09. The topological polar surface area (TPSA) is 29.1 Å². The highest BCUT2D eigenvalue weighted by molar-refractivity contribution is 5.86. The third-order valence-corrected chi connectivity index (χ3v) is 5.34. The molecule has 0 aromatic rings. The first-order valence-corrected chi connectivity index (χ1v) is 7.77. The molecule has 2 nitrogen and oxygen atoms in total. The second-order valence-corrected chi connectivity index (χ2v) is 7.09. The first-order chi connectivity index (χ1) is 8.51. The number of rotatable bonds is 3. The van der Waals surface area contributed by atoms with E-state index >= 15 is 0 Å². The molecule has 1 aliphatic heterocycles. The van der Waals surface area contributed by atoms with Crippen LogP contribution in [0.2, 0.25) is 0 Å². The summed E-state index contributed by atoms with van der Waals surface area (Å²) in [5.74, 6) is 2.26. The summed E-state index contributed by atoms with van der Waals surface area (Å²) in [6.45, 7) is 8.84. The Hall–Kier alpha value is -0.370. The zero-order chi connectivity index (χ0) is 13.2. The summed E-state index contributed by atoms with van der Waals surface area (Å²) in [5, 5.41) is 3.45. The van der Waals surface area contributed by atoms with Gasteiger partial charge < -0.3 is 5.32 Å². The van der Waals surface area contributed by atoms with Crippen molar-refractivity contribution >= 4 is 5.78 Å². The van der Waals surface area contributed by atoms with Gasteiger partial charge in [-0.15, -0.1) is 0 Å². The molecule has 1 N–H and O–H groups in total. The molecule has 2 fully saturated rings. The lowest BCUT2D eigenvalue weighted by atomic mass is 9.66. The van der Waals surface area contributed by atoms with Crippen molar-refractivity contribution in [1.29, 1.82) is 0 Å². The molecule has 1 unspecified atom stereocenters. The van der Waals surface area contributed by atoms with Gasteiger partial charge in [0.15, 0.2) is 0 Å². The number of nitrogens with one attached hydrogen (secondary N) is 1. The van der Waals surface area contributed by atoms with Crippen LogP contribution in [-0.2, 0) is 4.79 Å². The molecule has 0 bridgehead atoms. The van der Waals surface area contributed by atoms with Crippen LogP contribution in [0.25, 0.3) is 0 Å². The van der Waals surface area contributed by atoms with Crippen LogP contribution in [0, 0.1) is 23.2 Å². The lowest BCUT2D eigenvalue weighted by Crippen LogP contribution is -2.45. The average molecular weight is 251 g/mol. The summed E-state index contributed by atoms with van der Waals surface area (Å²) in [7, 11) is 0. The monoisotopic (exact) mass is 251 g/mol. The molecule has 2 heteroatoms. The van der Waals surface area contributed by atoms with Crippen LogP contribution in [0.15, 0.2) is 0 Å². The maximum absolute atomic E-state index is 12.8. The highest BCUT2D eigenvalue weighted by Crippen LogP contribution is 2.39. The van der Waals surface area contributed by atoms with Crippen molar-refractivity contribution in [3.05, 3.63) is 0 Å². The summed E-state index contributed by atoms with van der Waals surface area (Å²) >= 11 is 0. The Bertz CT molecular complexity index is 283. The third-order valence-electron chi connectivity index (χ3n) is 5.34. The van der Waals surface area contributed by atoms with E-state index in [1.807, 2.05) is 0 Å². The molecule has 0 aromatic carbocycles. The maximum atomic E-state index is 12.8. The first-order valence-electron chi connectivity index (χ1n) is 7.77. The molecule has 2 rings (SSSR count). The van der Waals surface area contributed by atoms with E-state index in [9.17, 15) is 4.79 Å². The van der Waals surface area contributed by atoms with Crippen molar-refractivity contribution in [2.75, 3.05) is 13.1 Å². The number of ketones is 1. The zero-order valence-corrected chi connectivity index (χ0v) is 12.3. The van der Waals surface area contributed by atoms with E-state index in [-0.39, 0.29) is 5.41 Å². The highest BCUT2D eigenvalue weighted by Gasteiger charge is 2.40. The van der Waals surface area contributed by atoms with Gasteiger partial charge in [-0.1, -0.05) is 33.6 Å². The van der Waals surface area contributed by atoms with Gasteiger partial charge in [-0.05, 0) is 50.6 Å². The number of carbonyl (C=O) groups excluding carboxylic acids is 1. The molecule has 2 aliphatic rings. The Labute approximate surface area is 112 Å². The third kappa shape index (κ3) is 2.96. The van der Waals surface area contributed by atoms with Crippen molar-refractivity contribution in [2.45, 2.75) is 59.3 Å². The molecule has 1 heterocycles. The van der Waals surface area contributed by atoms with Crippen molar-refractivity contribution in [1.82, 2.24) is 5.32 Å². The fourth-order valence-corrected chi connectivity index (χ4v) is 3.72. The molecule has 18 heavy (non-hydrogen) atoms. The number of carbonyl (C=O) groups is 1. The molecule has 0 radical (unpaired) electrons. The van der Waals surface area contributed by atoms with Gasteiger partial charge >= 0.3 is 0 Å². The van der Waals surface area contributed by atoms with E-state index in [1.54, 1.807) is 0 Å². The molecular weight excluding hydrogens is 222 g/mol. The Morgan fingerprint density at radius 1 is 1.11 bits per heavy atom. The van der Waals surface area contributed by atoms with Crippen LogP contribution in [0.3, 0.4) is 0 Å². The van der Waals surface area contributed by atoms with Crippen molar-refractivity contribution < 1.29 is 4.79 Å². The lowest BCUT2D eigenvalue weighted by molar-refractivity contribution is -0.135. The van der Waals surface area contributed by atoms with Gasteiger partial charge in [0.25, 0.3) is 0 Å². The predicted octanol–water partition coefficient (Wildman–Crippen LogP) is 3.41. The SMILES string of the molecule is CC1CCC(C(=O)C(C)(C)C2CCCNC2)CC1. The summed E-state index contributed by atoms with van der Waals surface area (Å²) in [5.41, 5.74) is -0.126. The van der Waals surface area contributed by atoms with Crippen LogP contribution in [0.4, 0.5) is 0 Å². The van der Waals surface area contributed by atoms with E-state index in [2.05, 4.69) is 26.1 Å². The largest absolute Gasteiger partial charge is 0.316 e. The quantitative estimate of drug-likeness (QED) is 0.833. The van der Waals surface area contributed by atoms with E-state index in [4.69, 9.17) is 0 Å². The van der Waals surface area contributed by atoms with Gasteiger partial charge in [-0.3, -0.25) is 4.79 Å². The van der Waals surface area contributed by atoms with E-state index in [0.717, 1.165) is 31.8 Å². The van der Waals surface area contributed by atoms with Crippen LogP contribution < -0.4 is 5.32 Å². The second kappa shape index (κ2) is 5.73. The summed E-state index contributed by atoms with van der Waals surface area (Å²) < 4.78 is 0. The minimum absolute atomic E-state index is 0.126.